The van der Waals surface area contributed by atoms with Gasteiger partial charge in [-0.3, -0.25) is 4.98 Å². The Morgan fingerprint density at radius 2 is 2.07 bits per heavy atom. The second-order valence-corrected chi connectivity index (χ2v) is 8.81. The Morgan fingerprint density at radius 1 is 1.38 bits per heavy atom. The largest absolute Gasteiger partial charge is 0.435 e. The smallest absolute Gasteiger partial charge is 0.387 e. The first kappa shape index (κ1) is 21.2. The minimum Gasteiger partial charge on any atom is -0.435 e. The lowest BCUT2D eigenvalue weighted by Gasteiger charge is -2.38. The summed E-state index contributed by atoms with van der Waals surface area (Å²) in [5, 5.41) is 10.1. The Morgan fingerprint density at radius 3 is 2.62 bits per heavy atom. The Kier molecular flexibility index (Phi) is 6.19. The average molecular weight is 424 g/mol. The maximum absolute atomic E-state index is 12.6. The summed E-state index contributed by atoms with van der Waals surface area (Å²) < 4.78 is 55.2. The number of aromatic nitrogens is 1. The molecular formula is C19H22F2N4O3S. The van der Waals surface area contributed by atoms with Crippen LogP contribution in [0.5, 0.6) is 5.75 Å². The minimum absolute atomic E-state index is 0.00485. The van der Waals surface area contributed by atoms with Crippen LogP contribution in [0.1, 0.15) is 25.3 Å². The molecule has 1 saturated heterocycles. The van der Waals surface area contributed by atoms with E-state index in [1.165, 1.54) is 28.9 Å². The van der Waals surface area contributed by atoms with E-state index in [4.69, 9.17) is 0 Å². The number of nitrogens with zero attached hydrogens (tertiary/aromatic N) is 4. The van der Waals surface area contributed by atoms with Gasteiger partial charge in [0.1, 0.15) is 11.8 Å². The molecule has 0 atom stereocenters. The summed E-state index contributed by atoms with van der Waals surface area (Å²) in [4.78, 5) is 6.22. The maximum Gasteiger partial charge on any atom is 0.387 e. The number of nitriles is 1. The van der Waals surface area contributed by atoms with Crippen molar-refractivity contribution < 1.29 is 21.9 Å². The van der Waals surface area contributed by atoms with Crippen LogP contribution < -0.4 is 9.64 Å². The van der Waals surface area contributed by atoms with Crippen molar-refractivity contribution in [1.29, 1.82) is 5.26 Å². The summed E-state index contributed by atoms with van der Waals surface area (Å²) in [5.74, 6) is -0.00485. The maximum atomic E-state index is 12.6. The van der Waals surface area contributed by atoms with Crippen molar-refractivity contribution in [3.63, 3.8) is 0 Å². The standard InChI is InChI=1S/C19H22F2N4O3S/c1-3-25(29(2,26)27)14-6-8-24(9-7-14)18-13(11-22)12-23-17-5-4-15(10-16(17)18)28-19(20)21/h4-5,10,12,14,19H,3,6-9H2,1-2H3. The Labute approximate surface area is 168 Å². The van der Waals surface area contributed by atoms with E-state index in [2.05, 4.69) is 15.8 Å². The molecule has 3 rings (SSSR count). The molecule has 0 N–H and O–H groups in total. The number of hydrogen-bond acceptors (Lipinski definition) is 6. The monoisotopic (exact) mass is 424 g/mol. The molecule has 1 aromatic carbocycles. The number of pyridine rings is 1. The van der Waals surface area contributed by atoms with Crippen LogP contribution in [0.2, 0.25) is 0 Å². The van der Waals surface area contributed by atoms with E-state index in [1.54, 1.807) is 6.07 Å². The van der Waals surface area contributed by atoms with Gasteiger partial charge >= 0.3 is 6.61 Å². The van der Waals surface area contributed by atoms with Gasteiger partial charge in [-0.15, -0.1) is 0 Å². The van der Waals surface area contributed by atoms with E-state index < -0.39 is 16.6 Å². The van der Waals surface area contributed by atoms with Gasteiger partial charge in [-0.2, -0.15) is 18.3 Å². The highest BCUT2D eigenvalue weighted by molar-refractivity contribution is 7.88. The fourth-order valence-electron chi connectivity index (χ4n) is 3.90. The number of hydrogen-bond donors (Lipinski definition) is 0. The molecule has 10 heteroatoms. The molecule has 0 amide bonds. The highest BCUT2D eigenvalue weighted by Gasteiger charge is 2.30. The zero-order chi connectivity index (χ0) is 21.2. The van der Waals surface area contributed by atoms with Crippen molar-refractivity contribution in [2.75, 3.05) is 30.8 Å². The Hall–Kier alpha value is -2.51. The van der Waals surface area contributed by atoms with E-state index >= 15 is 0 Å². The highest BCUT2D eigenvalue weighted by atomic mass is 32.2. The fourth-order valence-corrected chi connectivity index (χ4v) is 5.12. The number of halogens is 2. The number of alkyl halides is 2. The molecule has 29 heavy (non-hydrogen) atoms. The summed E-state index contributed by atoms with van der Waals surface area (Å²) in [6.07, 6.45) is 3.87. The molecule has 0 bridgehead atoms. The summed E-state index contributed by atoms with van der Waals surface area (Å²) in [7, 11) is -3.30. The molecule has 7 nitrogen and oxygen atoms in total. The molecule has 156 valence electrons. The van der Waals surface area contributed by atoms with E-state index in [1.807, 2.05) is 11.8 Å². The quantitative estimate of drug-likeness (QED) is 0.709. The summed E-state index contributed by atoms with van der Waals surface area (Å²) in [5.41, 5.74) is 1.51. The van der Waals surface area contributed by atoms with Crippen LogP contribution in [-0.2, 0) is 10.0 Å². The van der Waals surface area contributed by atoms with Crippen molar-refractivity contribution in [3.05, 3.63) is 30.0 Å². The van der Waals surface area contributed by atoms with E-state index in [-0.39, 0.29) is 11.8 Å². The lowest BCUT2D eigenvalue weighted by molar-refractivity contribution is -0.0497. The Balaban J connectivity index is 1.94. The molecule has 2 heterocycles. The van der Waals surface area contributed by atoms with Gasteiger partial charge in [0.25, 0.3) is 0 Å². The summed E-state index contributed by atoms with van der Waals surface area (Å²) in [6.45, 7) is 0.325. The molecular weight excluding hydrogens is 402 g/mol. The second-order valence-electron chi connectivity index (χ2n) is 6.87. The van der Waals surface area contributed by atoms with Crippen LogP contribution >= 0.6 is 0 Å². The van der Waals surface area contributed by atoms with Gasteiger partial charge in [0, 0.05) is 37.3 Å². The minimum atomic E-state index is -3.30. The van der Waals surface area contributed by atoms with Gasteiger partial charge in [-0.25, -0.2) is 8.42 Å². The van der Waals surface area contributed by atoms with Crippen LogP contribution in [0.15, 0.2) is 24.4 Å². The third-order valence-corrected chi connectivity index (χ3v) is 6.49. The van der Waals surface area contributed by atoms with E-state index in [0.29, 0.717) is 54.6 Å². The second kappa shape index (κ2) is 8.47. The molecule has 0 aliphatic carbocycles. The first-order chi connectivity index (χ1) is 13.7. The highest BCUT2D eigenvalue weighted by Crippen LogP contribution is 2.34. The summed E-state index contributed by atoms with van der Waals surface area (Å²) >= 11 is 0. The molecule has 1 aliphatic heterocycles. The van der Waals surface area contributed by atoms with Crippen LogP contribution in [0, 0.1) is 11.3 Å². The lowest BCUT2D eigenvalue weighted by atomic mass is 10.0. The molecule has 0 radical (unpaired) electrons. The van der Waals surface area contributed by atoms with Crippen LogP contribution in [0.25, 0.3) is 10.9 Å². The normalized spacial score (nSPS) is 15.8. The third kappa shape index (κ3) is 4.57. The molecule has 1 fully saturated rings. The number of sulfonamides is 1. The van der Waals surface area contributed by atoms with Crippen LogP contribution in [-0.4, -0.2) is 56.3 Å². The summed E-state index contributed by atoms with van der Waals surface area (Å²) in [6, 6.07) is 6.46. The SMILES string of the molecule is CCN(C1CCN(c2c(C#N)cnc3ccc(OC(F)F)cc23)CC1)S(C)(=O)=O. The number of benzene rings is 1. The van der Waals surface area contributed by atoms with Gasteiger partial charge in [0.05, 0.1) is 23.0 Å². The average Bonchev–Trinajstić information content (AvgIpc) is 2.66. The number of ether oxygens (including phenoxy) is 1. The molecule has 0 saturated carbocycles. The van der Waals surface area contributed by atoms with Gasteiger partial charge in [0.2, 0.25) is 10.0 Å². The number of rotatable bonds is 6. The molecule has 1 aliphatic rings. The Bertz CT molecular complexity index is 1030. The molecule has 0 spiro atoms. The predicted molar refractivity (Wildman–Crippen MR) is 106 cm³/mol. The molecule has 1 aromatic heterocycles. The van der Waals surface area contributed by atoms with Crippen molar-refractivity contribution in [2.45, 2.75) is 32.4 Å². The van der Waals surface area contributed by atoms with E-state index in [0.717, 1.165) is 0 Å². The van der Waals surface area contributed by atoms with Crippen molar-refractivity contribution in [1.82, 2.24) is 9.29 Å². The molecule has 0 unspecified atom stereocenters. The van der Waals surface area contributed by atoms with Crippen LogP contribution in [0.3, 0.4) is 0 Å². The number of piperidine rings is 1. The first-order valence-corrected chi connectivity index (χ1v) is 11.1. The van der Waals surface area contributed by atoms with Crippen molar-refractivity contribution in [2.24, 2.45) is 0 Å². The van der Waals surface area contributed by atoms with Gasteiger partial charge in [0.15, 0.2) is 0 Å². The van der Waals surface area contributed by atoms with Gasteiger partial charge < -0.3 is 9.64 Å². The predicted octanol–water partition coefficient (Wildman–Crippen LogP) is 2.96. The topological polar surface area (TPSA) is 86.5 Å². The lowest BCUT2D eigenvalue weighted by Crippen LogP contribution is -2.47. The number of fused-ring (bicyclic) bond motifs is 1. The third-order valence-electron chi connectivity index (χ3n) is 5.08. The molecule has 2 aromatic rings. The van der Waals surface area contributed by atoms with Gasteiger partial charge in [-0.05, 0) is 31.0 Å². The fraction of sp³-hybridized carbons (Fsp3) is 0.474. The first-order valence-electron chi connectivity index (χ1n) is 9.24. The number of anilines is 1. The van der Waals surface area contributed by atoms with E-state index in [9.17, 15) is 22.5 Å². The van der Waals surface area contributed by atoms with Crippen molar-refractivity contribution >= 4 is 26.6 Å². The zero-order valence-corrected chi connectivity index (χ0v) is 17.0. The zero-order valence-electron chi connectivity index (χ0n) is 16.2. The van der Waals surface area contributed by atoms with Crippen LogP contribution in [0.4, 0.5) is 14.5 Å². The van der Waals surface area contributed by atoms with Gasteiger partial charge in [-0.1, -0.05) is 6.92 Å². The van der Waals surface area contributed by atoms with Crippen molar-refractivity contribution in [3.8, 4) is 11.8 Å².